The second kappa shape index (κ2) is 16.9. The summed E-state index contributed by atoms with van der Waals surface area (Å²) < 4.78 is 6.19. The van der Waals surface area contributed by atoms with Crippen molar-refractivity contribution in [2.24, 2.45) is 5.73 Å². The number of amidine groups is 1. The minimum atomic E-state index is 0. The number of nitrogens with zero attached hydrogens (tertiary/aromatic N) is 2. The van der Waals surface area contributed by atoms with Crippen LogP contribution in [0.25, 0.3) is 65.1 Å². The van der Waals surface area contributed by atoms with Gasteiger partial charge in [0.2, 0.25) is 0 Å². The molecule has 8 aromatic carbocycles. The van der Waals surface area contributed by atoms with Crippen LogP contribution in [0, 0.1) is 5.41 Å². The summed E-state index contributed by atoms with van der Waals surface area (Å²) in [4.78, 5) is 2.27. The number of furan rings is 1. The number of likely N-dealkylation sites (N-methyl/N-ethyl adjacent to an activating group) is 1. The Morgan fingerprint density at radius 2 is 1.27 bits per heavy atom. The molecule has 9 rings (SSSR count). The first-order valence-electron chi connectivity index (χ1n) is 18.0. The number of rotatable bonds is 9. The molecule has 0 spiro atoms. The molecular weight excluding hydrogens is 700 g/mol. The van der Waals surface area contributed by atoms with Crippen molar-refractivity contribution >= 4 is 82.7 Å². The SMILES string of the molecule is C=C(/C=C\C=C/CN(C)c1ccc([N-]c2ccccc2)c2ccccc12)c1ccc2c(c1)c1cccc3oc4cccc2c4c31.N=C(N)c1ccccc1.[K+]. The van der Waals surface area contributed by atoms with Crippen molar-refractivity contribution in [3.8, 4) is 0 Å². The first-order chi connectivity index (χ1) is 26.5. The van der Waals surface area contributed by atoms with Crippen molar-refractivity contribution in [1.82, 2.24) is 0 Å². The summed E-state index contributed by atoms with van der Waals surface area (Å²) in [6, 6.07) is 51.4. The van der Waals surface area contributed by atoms with Gasteiger partial charge in [0.15, 0.2) is 0 Å². The number of fused-ring (bicyclic) bond motifs is 4. The van der Waals surface area contributed by atoms with Gasteiger partial charge in [-0.3, -0.25) is 5.41 Å². The number of hydrogen-bond donors (Lipinski definition) is 2. The van der Waals surface area contributed by atoms with Gasteiger partial charge in [-0.1, -0.05) is 158 Å². The minimum Gasteiger partial charge on any atom is -0.657 e. The van der Waals surface area contributed by atoms with Gasteiger partial charge in [-0.15, -0.1) is 11.4 Å². The normalized spacial score (nSPS) is 11.4. The summed E-state index contributed by atoms with van der Waals surface area (Å²) in [7, 11) is 2.13. The molecule has 1 aromatic heterocycles. The summed E-state index contributed by atoms with van der Waals surface area (Å²) in [6.07, 6.45) is 8.43. The smallest absolute Gasteiger partial charge is 0.657 e. The molecule has 0 aliphatic rings. The van der Waals surface area contributed by atoms with Crippen LogP contribution in [0.2, 0.25) is 0 Å². The van der Waals surface area contributed by atoms with E-state index >= 15 is 0 Å². The largest absolute Gasteiger partial charge is 1.00 e. The van der Waals surface area contributed by atoms with Gasteiger partial charge in [-0.25, -0.2) is 0 Å². The van der Waals surface area contributed by atoms with Crippen LogP contribution < -0.4 is 62.0 Å². The predicted molar refractivity (Wildman–Crippen MR) is 231 cm³/mol. The maximum atomic E-state index is 7.01. The predicted octanol–water partition coefficient (Wildman–Crippen LogP) is 10.1. The standard InChI is InChI=1S/C42H31N2O.C7H8N2.K/c1-28(29-22-23-31-34-18-11-20-39-41(34)42-35(36(31)27-29)19-12-21-40(42)45-39)13-5-4-10-26-44(2)38-25-24-37(32-16-8-9-17-33(32)38)43-30-14-6-3-7-15-30;8-7(9)6-4-2-1-3-5-6;/h3-25,27H,1,26H2,2H3;1-5H,(H3,8,9);/q-1;;+1/b10-4-,13-5-;;. The van der Waals surface area contributed by atoms with Crippen LogP contribution in [-0.4, -0.2) is 19.4 Å². The van der Waals surface area contributed by atoms with E-state index in [2.05, 4.69) is 134 Å². The fourth-order valence-electron chi connectivity index (χ4n) is 7.14. The van der Waals surface area contributed by atoms with Crippen LogP contribution in [-0.2, 0) is 0 Å². The first-order valence-corrected chi connectivity index (χ1v) is 18.0. The Hall–Kier alpha value is -5.47. The van der Waals surface area contributed by atoms with E-state index in [4.69, 9.17) is 20.9 Å². The molecule has 0 saturated carbocycles. The quantitative estimate of drug-likeness (QED) is 0.0509. The third-order valence-corrected chi connectivity index (χ3v) is 9.80. The van der Waals surface area contributed by atoms with E-state index in [9.17, 15) is 0 Å². The van der Waals surface area contributed by atoms with Crippen LogP contribution in [0.15, 0.2) is 187 Å². The Labute approximate surface area is 363 Å². The van der Waals surface area contributed by atoms with Crippen LogP contribution >= 0.6 is 0 Å². The zero-order chi connectivity index (χ0) is 37.0. The zero-order valence-electron chi connectivity index (χ0n) is 31.0. The molecule has 0 saturated heterocycles. The summed E-state index contributed by atoms with van der Waals surface area (Å²) >= 11 is 0. The van der Waals surface area contributed by atoms with Crippen molar-refractivity contribution in [3.05, 3.63) is 199 Å². The monoisotopic (exact) mass is 738 g/mol. The second-order valence-corrected chi connectivity index (χ2v) is 13.3. The molecule has 0 bridgehead atoms. The summed E-state index contributed by atoms with van der Waals surface area (Å²) in [5.41, 5.74) is 13.0. The van der Waals surface area contributed by atoms with E-state index < -0.39 is 0 Å². The minimum absolute atomic E-state index is 0. The molecule has 0 unspecified atom stereocenters. The fraction of sp³-hybridized carbons (Fsp3) is 0.0408. The maximum Gasteiger partial charge on any atom is 1.00 e. The molecule has 0 fully saturated rings. The fourth-order valence-corrected chi connectivity index (χ4v) is 7.14. The van der Waals surface area contributed by atoms with Crippen LogP contribution in [0.3, 0.4) is 0 Å². The molecule has 0 aliphatic heterocycles. The van der Waals surface area contributed by atoms with Gasteiger partial charge in [0.25, 0.3) is 0 Å². The number of anilines is 1. The first kappa shape index (κ1) is 37.8. The Morgan fingerprint density at radius 3 is 1.95 bits per heavy atom. The third kappa shape index (κ3) is 7.87. The Morgan fingerprint density at radius 1 is 0.655 bits per heavy atom. The van der Waals surface area contributed by atoms with Gasteiger partial charge < -0.3 is 20.4 Å². The Bertz CT molecular complexity index is 2840. The number of benzene rings is 8. The summed E-state index contributed by atoms with van der Waals surface area (Å²) in [5.74, 6) is 0.121. The molecule has 1 heterocycles. The summed E-state index contributed by atoms with van der Waals surface area (Å²) in [6.45, 7) is 5.17. The number of hydrogen-bond acceptors (Lipinski definition) is 3. The van der Waals surface area contributed by atoms with Crippen molar-refractivity contribution in [2.45, 2.75) is 0 Å². The van der Waals surface area contributed by atoms with Gasteiger partial charge >= 0.3 is 51.4 Å². The third-order valence-electron chi connectivity index (χ3n) is 9.80. The molecule has 0 radical (unpaired) electrons. The molecule has 0 amide bonds. The van der Waals surface area contributed by atoms with E-state index in [-0.39, 0.29) is 57.2 Å². The molecule has 5 nitrogen and oxygen atoms in total. The van der Waals surface area contributed by atoms with Crippen molar-refractivity contribution in [2.75, 3.05) is 18.5 Å². The average Bonchev–Trinajstić information content (AvgIpc) is 3.61. The van der Waals surface area contributed by atoms with Crippen molar-refractivity contribution in [3.63, 3.8) is 0 Å². The van der Waals surface area contributed by atoms with Crippen molar-refractivity contribution < 1.29 is 55.8 Å². The van der Waals surface area contributed by atoms with E-state index in [0.29, 0.717) is 0 Å². The Balaban J connectivity index is 0.000000411. The topological polar surface area (TPSA) is 80.4 Å². The molecule has 6 heteroatoms. The van der Waals surface area contributed by atoms with Crippen LogP contribution in [0.1, 0.15) is 11.1 Å². The number of allylic oxidation sites excluding steroid dienone is 4. The molecule has 55 heavy (non-hydrogen) atoms. The van der Waals surface area contributed by atoms with Gasteiger partial charge in [0.1, 0.15) is 17.0 Å². The van der Waals surface area contributed by atoms with Gasteiger partial charge in [0, 0.05) is 41.0 Å². The molecule has 0 atom stereocenters. The second-order valence-electron chi connectivity index (χ2n) is 13.3. The van der Waals surface area contributed by atoms with Gasteiger partial charge in [-0.2, -0.15) is 0 Å². The molecule has 262 valence electrons. The zero-order valence-corrected chi connectivity index (χ0v) is 34.2. The van der Waals surface area contributed by atoms with Gasteiger partial charge in [-0.05, 0) is 62.3 Å². The Kier molecular flexibility index (Phi) is 11.6. The number of nitrogens with two attached hydrogens (primary N) is 1. The molecule has 0 aliphatic carbocycles. The summed E-state index contributed by atoms with van der Waals surface area (Å²) in [5, 5.41) is 21.6. The molecule has 3 N–H and O–H groups in total. The molecule has 9 aromatic rings. The van der Waals surface area contributed by atoms with Gasteiger partial charge in [0.05, 0.1) is 0 Å². The van der Waals surface area contributed by atoms with E-state index in [0.717, 1.165) is 51.2 Å². The van der Waals surface area contributed by atoms with Crippen LogP contribution in [0.5, 0.6) is 0 Å². The van der Waals surface area contributed by atoms with Crippen molar-refractivity contribution in [1.29, 1.82) is 5.41 Å². The maximum absolute atomic E-state index is 7.01. The number of para-hydroxylation sites is 1. The van der Waals surface area contributed by atoms with E-state index in [1.54, 1.807) is 0 Å². The molecular formula is C49H39KN4O. The van der Waals surface area contributed by atoms with Crippen LogP contribution in [0.4, 0.5) is 17.1 Å². The van der Waals surface area contributed by atoms with E-state index in [1.165, 1.54) is 43.4 Å². The average molecular weight is 739 g/mol. The van der Waals surface area contributed by atoms with E-state index in [1.807, 2.05) is 60.7 Å². The number of nitrogens with one attached hydrogen (secondary N) is 1. The number of nitrogen functional groups attached to an aromatic ring is 1.